The largest absolute Gasteiger partial charge is 0.497 e. The van der Waals surface area contributed by atoms with Crippen molar-refractivity contribution in [1.29, 1.82) is 0 Å². The van der Waals surface area contributed by atoms with Crippen LogP contribution in [0.25, 0.3) is 0 Å². The Hall–Kier alpha value is -2.86. The third kappa shape index (κ3) is 7.38. The maximum Gasteiger partial charge on any atom is 0.251 e. The van der Waals surface area contributed by atoms with E-state index in [2.05, 4.69) is 22.6 Å². The standard InChI is InChI=1S/C26H35N3O3/c1-29(23-6-4-3-5-7-23)17-16-27-26(31)22-12-8-21(9-13-22)19-28-25(30)18-20-10-14-24(32-2)15-11-20/h8-15,23H,3-7,16-19H2,1-2H3,(H,27,31)(H,28,30). The second kappa shape index (κ2) is 12.2. The predicted octanol–water partition coefficient (Wildman–Crippen LogP) is 3.55. The van der Waals surface area contributed by atoms with Crippen LogP contribution in [-0.4, -0.2) is 50.0 Å². The van der Waals surface area contributed by atoms with E-state index in [-0.39, 0.29) is 11.8 Å². The number of nitrogens with zero attached hydrogens (tertiary/aromatic N) is 1. The van der Waals surface area contributed by atoms with E-state index in [4.69, 9.17) is 4.74 Å². The van der Waals surface area contributed by atoms with Crippen LogP contribution in [-0.2, 0) is 17.8 Å². The maximum atomic E-state index is 12.4. The summed E-state index contributed by atoms with van der Waals surface area (Å²) in [6.07, 6.45) is 6.83. The Bertz CT molecular complexity index is 859. The SMILES string of the molecule is COc1ccc(CC(=O)NCc2ccc(C(=O)NCCN(C)C3CCCCC3)cc2)cc1. The molecule has 2 aromatic rings. The van der Waals surface area contributed by atoms with Crippen molar-refractivity contribution >= 4 is 11.8 Å². The lowest BCUT2D eigenvalue weighted by atomic mass is 9.94. The van der Waals surface area contributed by atoms with Crippen LogP contribution < -0.4 is 15.4 Å². The summed E-state index contributed by atoms with van der Waals surface area (Å²) in [5.41, 5.74) is 2.53. The lowest BCUT2D eigenvalue weighted by Gasteiger charge is -2.31. The Labute approximate surface area is 191 Å². The first kappa shape index (κ1) is 23.8. The maximum absolute atomic E-state index is 12.4. The Morgan fingerprint density at radius 2 is 1.59 bits per heavy atom. The molecule has 6 heteroatoms. The number of benzene rings is 2. The van der Waals surface area contributed by atoms with Gasteiger partial charge in [-0.15, -0.1) is 0 Å². The van der Waals surface area contributed by atoms with Crippen molar-refractivity contribution in [2.75, 3.05) is 27.2 Å². The minimum Gasteiger partial charge on any atom is -0.497 e. The van der Waals surface area contributed by atoms with Crippen molar-refractivity contribution in [1.82, 2.24) is 15.5 Å². The van der Waals surface area contributed by atoms with Gasteiger partial charge in [0.25, 0.3) is 5.91 Å². The summed E-state index contributed by atoms with van der Waals surface area (Å²) in [7, 11) is 3.77. The van der Waals surface area contributed by atoms with Gasteiger partial charge >= 0.3 is 0 Å². The molecule has 0 atom stereocenters. The van der Waals surface area contributed by atoms with Gasteiger partial charge in [-0.1, -0.05) is 43.5 Å². The van der Waals surface area contributed by atoms with Crippen molar-refractivity contribution in [2.45, 2.75) is 51.1 Å². The minimum absolute atomic E-state index is 0.0425. The highest BCUT2D eigenvalue weighted by atomic mass is 16.5. The Kier molecular flexibility index (Phi) is 9.11. The van der Waals surface area contributed by atoms with E-state index < -0.39 is 0 Å². The van der Waals surface area contributed by atoms with Gasteiger partial charge in [0.05, 0.1) is 13.5 Å². The Morgan fingerprint density at radius 1 is 0.938 bits per heavy atom. The van der Waals surface area contributed by atoms with Gasteiger partial charge in [0, 0.05) is 31.2 Å². The van der Waals surface area contributed by atoms with Crippen LogP contribution in [0.3, 0.4) is 0 Å². The second-order valence-corrected chi connectivity index (χ2v) is 8.53. The number of amides is 2. The Balaban J connectivity index is 1.37. The topological polar surface area (TPSA) is 70.7 Å². The van der Waals surface area contributed by atoms with Gasteiger partial charge in [0.15, 0.2) is 0 Å². The molecule has 2 N–H and O–H groups in total. The molecular formula is C26H35N3O3. The summed E-state index contributed by atoms with van der Waals surface area (Å²) in [5, 5.41) is 5.94. The van der Waals surface area contributed by atoms with Crippen LogP contribution in [0, 0.1) is 0 Å². The fraction of sp³-hybridized carbons (Fsp3) is 0.462. The van der Waals surface area contributed by atoms with E-state index in [1.807, 2.05) is 48.5 Å². The van der Waals surface area contributed by atoms with Crippen LogP contribution in [0.1, 0.15) is 53.6 Å². The van der Waals surface area contributed by atoms with Gasteiger partial charge in [0.1, 0.15) is 5.75 Å². The zero-order valence-corrected chi connectivity index (χ0v) is 19.2. The first-order valence-corrected chi connectivity index (χ1v) is 11.5. The number of hydrogen-bond donors (Lipinski definition) is 2. The number of carbonyl (C=O) groups excluding carboxylic acids is 2. The number of hydrogen-bond acceptors (Lipinski definition) is 4. The van der Waals surface area contributed by atoms with Crippen molar-refractivity contribution < 1.29 is 14.3 Å². The highest BCUT2D eigenvalue weighted by Crippen LogP contribution is 2.21. The van der Waals surface area contributed by atoms with Gasteiger partial charge in [-0.2, -0.15) is 0 Å². The molecule has 0 heterocycles. The van der Waals surface area contributed by atoms with Gasteiger partial charge in [-0.3, -0.25) is 9.59 Å². The average molecular weight is 438 g/mol. The predicted molar refractivity (Wildman–Crippen MR) is 127 cm³/mol. The molecule has 0 saturated heterocycles. The fourth-order valence-electron chi connectivity index (χ4n) is 4.12. The van der Waals surface area contributed by atoms with E-state index in [0.29, 0.717) is 31.1 Å². The first-order chi connectivity index (χ1) is 15.5. The summed E-state index contributed by atoms with van der Waals surface area (Å²) < 4.78 is 5.13. The van der Waals surface area contributed by atoms with Gasteiger partial charge < -0.3 is 20.3 Å². The average Bonchev–Trinajstić information content (AvgIpc) is 2.84. The number of likely N-dealkylation sites (N-methyl/N-ethyl adjacent to an activating group) is 1. The summed E-state index contributed by atoms with van der Waals surface area (Å²) in [6.45, 7) is 1.95. The molecule has 0 aromatic heterocycles. The molecule has 0 radical (unpaired) electrons. The van der Waals surface area contributed by atoms with E-state index in [9.17, 15) is 9.59 Å². The number of rotatable bonds is 10. The molecule has 172 valence electrons. The van der Waals surface area contributed by atoms with Crippen LogP contribution in [0.4, 0.5) is 0 Å². The molecule has 2 amide bonds. The number of ether oxygens (including phenoxy) is 1. The van der Waals surface area contributed by atoms with Crippen molar-refractivity contribution in [3.05, 3.63) is 65.2 Å². The zero-order chi connectivity index (χ0) is 22.8. The molecule has 32 heavy (non-hydrogen) atoms. The van der Waals surface area contributed by atoms with Crippen LogP contribution in [0.2, 0.25) is 0 Å². The lowest BCUT2D eigenvalue weighted by Crippen LogP contribution is -2.39. The van der Waals surface area contributed by atoms with Crippen LogP contribution in [0.5, 0.6) is 5.75 Å². The molecule has 1 fully saturated rings. The number of carbonyl (C=O) groups is 2. The number of methoxy groups -OCH3 is 1. The fourth-order valence-corrected chi connectivity index (χ4v) is 4.12. The van der Waals surface area contributed by atoms with Gasteiger partial charge in [-0.05, 0) is 55.3 Å². The van der Waals surface area contributed by atoms with Gasteiger partial charge in [0.2, 0.25) is 5.91 Å². The van der Waals surface area contributed by atoms with Crippen molar-refractivity contribution in [2.24, 2.45) is 0 Å². The zero-order valence-electron chi connectivity index (χ0n) is 19.2. The third-order valence-electron chi connectivity index (χ3n) is 6.18. The molecule has 0 unspecified atom stereocenters. The molecule has 1 saturated carbocycles. The number of nitrogens with one attached hydrogen (secondary N) is 2. The molecule has 6 nitrogen and oxygen atoms in total. The van der Waals surface area contributed by atoms with Crippen molar-refractivity contribution in [3.8, 4) is 5.75 Å². The highest BCUT2D eigenvalue weighted by Gasteiger charge is 2.17. The molecule has 1 aliphatic rings. The summed E-state index contributed by atoms with van der Waals surface area (Å²) in [5.74, 6) is 0.672. The lowest BCUT2D eigenvalue weighted by molar-refractivity contribution is -0.120. The smallest absolute Gasteiger partial charge is 0.251 e. The Morgan fingerprint density at radius 3 is 2.25 bits per heavy atom. The molecule has 0 bridgehead atoms. The van der Waals surface area contributed by atoms with Gasteiger partial charge in [-0.25, -0.2) is 0 Å². The molecule has 0 spiro atoms. The summed E-state index contributed by atoms with van der Waals surface area (Å²) in [4.78, 5) is 27.0. The van der Waals surface area contributed by atoms with E-state index >= 15 is 0 Å². The normalized spacial score (nSPS) is 14.2. The quantitative estimate of drug-likeness (QED) is 0.596. The summed E-state index contributed by atoms with van der Waals surface area (Å²) >= 11 is 0. The monoisotopic (exact) mass is 437 g/mol. The van der Waals surface area contributed by atoms with E-state index in [1.165, 1.54) is 32.1 Å². The summed E-state index contributed by atoms with van der Waals surface area (Å²) in [6, 6.07) is 15.5. The molecule has 2 aromatic carbocycles. The molecule has 1 aliphatic carbocycles. The molecule has 0 aliphatic heterocycles. The molecule has 3 rings (SSSR count). The van der Waals surface area contributed by atoms with E-state index in [1.54, 1.807) is 7.11 Å². The third-order valence-corrected chi connectivity index (χ3v) is 6.18. The minimum atomic E-state index is -0.0582. The van der Waals surface area contributed by atoms with E-state index in [0.717, 1.165) is 23.4 Å². The van der Waals surface area contributed by atoms with Crippen LogP contribution in [0.15, 0.2) is 48.5 Å². The van der Waals surface area contributed by atoms with Crippen molar-refractivity contribution in [3.63, 3.8) is 0 Å². The highest BCUT2D eigenvalue weighted by molar-refractivity contribution is 5.94. The second-order valence-electron chi connectivity index (χ2n) is 8.53. The first-order valence-electron chi connectivity index (χ1n) is 11.5. The molecular weight excluding hydrogens is 402 g/mol. The van der Waals surface area contributed by atoms with Crippen LogP contribution >= 0.6 is 0 Å².